The lowest BCUT2D eigenvalue weighted by atomic mass is 10.2. The summed E-state index contributed by atoms with van der Waals surface area (Å²) in [4.78, 5) is 36.7. The SMILES string of the molecule is COc1ccnc(N2CCN(C(=O)c3cnn4c3[nH]c(=O)c3ccccc34)CC2)c1. The third-order valence-electron chi connectivity index (χ3n) is 5.45. The van der Waals surface area contributed by atoms with Gasteiger partial charge in [0.1, 0.15) is 22.8 Å². The molecule has 1 aromatic carbocycles. The zero-order valence-corrected chi connectivity index (χ0v) is 16.4. The Morgan fingerprint density at radius 3 is 2.73 bits per heavy atom. The molecule has 1 N–H and O–H groups in total. The highest BCUT2D eigenvalue weighted by molar-refractivity contribution is 6.00. The van der Waals surface area contributed by atoms with E-state index in [4.69, 9.17) is 4.74 Å². The van der Waals surface area contributed by atoms with Crippen LogP contribution in [-0.4, -0.2) is 63.7 Å². The number of H-pyrrole nitrogens is 1. The van der Waals surface area contributed by atoms with Crippen LogP contribution in [0, 0.1) is 0 Å². The van der Waals surface area contributed by atoms with Crippen LogP contribution >= 0.6 is 0 Å². The van der Waals surface area contributed by atoms with E-state index in [0.29, 0.717) is 48.3 Å². The number of nitrogens with zero attached hydrogens (tertiary/aromatic N) is 5. The van der Waals surface area contributed by atoms with E-state index in [-0.39, 0.29) is 11.5 Å². The monoisotopic (exact) mass is 404 g/mol. The molecule has 0 atom stereocenters. The highest BCUT2D eigenvalue weighted by Crippen LogP contribution is 2.21. The van der Waals surface area contributed by atoms with E-state index in [9.17, 15) is 9.59 Å². The Morgan fingerprint density at radius 1 is 1.13 bits per heavy atom. The Morgan fingerprint density at radius 2 is 1.93 bits per heavy atom. The molecule has 1 aliphatic rings. The summed E-state index contributed by atoms with van der Waals surface area (Å²) in [5.41, 5.74) is 1.25. The van der Waals surface area contributed by atoms with E-state index in [1.165, 1.54) is 6.20 Å². The first kappa shape index (κ1) is 18.2. The maximum Gasteiger partial charge on any atom is 0.259 e. The number of rotatable bonds is 3. The third-order valence-corrected chi connectivity index (χ3v) is 5.45. The molecule has 0 aliphatic carbocycles. The summed E-state index contributed by atoms with van der Waals surface area (Å²) >= 11 is 0. The van der Waals surface area contributed by atoms with Gasteiger partial charge in [0.2, 0.25) is 0 Å². The molecule has 1 amide bonds. The van der Waals surface area contributed by atoms with Crippen molar-refractivity contribution in [2.45, 2.75) is 0 Å². The van der Waals surface area contributed by atoms with Gasteiger partial charge in [0.05, 0.1) is 24.2 Å². The summed E-state index contributed by atoms with van der Waals surface area (Å²) < 4.78 is 6.88. The first-order valence-corrected chi connectivity index (χ1v) is 9.69. The highest BCUT2D eigenvalue weighted by Gasteiger charge is 2.26. The van der Waals surface area contributed by atoms with Crippen LogP contribution in [0.1, 0.15) is 10.4 Å². The number of hydrogen-bond donors (Lipinski definition) is 1. The van der Waals surface area contributed by atoms with Crippen LogP contribution < -0.4 is 15.2 Å². The smallest absolute Gasteiger partial charge is 0.259 e. The molecule has 1 aliphatic heterocycles. The summed E-state index contributed by atoms with van der Waals surface area (Å²) in [6.45, 7) is 2.41. The fourth-order valence-electron chi connectivity index (χ4n) is 3.84. The van der Waals surface area contributed by atoms with E-state index < -0.39 is 0 Å². The van der Waals surface area contributed by atoms with Crippen molar-refractivity contribution in [3.8, 4) is 5.75 Å². The maximum atomic E-state index is 13.2. The molecule has 4 heterocycles. The Kier molecular flexibility index (Phi) is 4.35. The zero-order valence-electron chi connectivity index (χ0n) is 16.4. The molecular weight excluding hydrogens is 384 g/mol. The van der Waals surface area contributed by atoms with Crippen molar-refractivity contribution < 1.29 is 9.53 Å². The Balaban J connectivity index is 1.39. The summed E-state index contributed by atoms with van der Waals surface area (Å²) in [5.74, 6) is 1.43. The number of ether oxygens (including phenoxy) is 1. The van der Waals surface area contributed by atoms with Crippen molar-refractivity contribution in [3.63, 3.8) is 0 Å². The largest absolute Gasteiger partial charge is 0.497 e. The fourth-order valence-corrected chi connectivity index (χ4v) is 3.84. The van der Waals surface area contributed by atoms with Gasteiger partial charge in [-0.05, 0) is 18.2 Å². The maximum absolute atomic E-state index is 13.2. The van der Waals surface area contributed by atoms with E-state index in [1.54, 1.807) is 40.9 Å². The van der Waals surface area contributed by atoms with Gasteiger partial charge < -0.3 is 19.5 Å². The number of methoxy groups -OCH3 is 1. The van der Waals surface area contributed by atoms with Gasteiger partial charge in [-0.25, -0.2) is 9.50 Å². The predicted octanol–water partition coefficient (Wildman–Crippen LogP) is 1.54. The second-order valence-corrected chi connectivity index (χ2v) is 7.12. The lowest BCUT2D eigenvalue weighted by Gasteiger charge is -2.35. The van der Waals surface area contributed by atoms with Gasteiger partial charge >= 0.3 is 0 Å². The molecule has 0 saturated carbocycles. The minimum Gasteiger partial charge on any atom is -0.497 e. The number of para-hydroxylation sites is 1. The molecule has 0 unspecified atom stereocenters. The summed E-state index contributed by atoms with van der Waals surface area (Å²) in [5, 5.41) is 4.88. The van der Waals surface area contributed by atoms with Gasteiger partial charge in [0.25, 0.3) is 11.5 Å². The Bertz CT molecular complexity index is 1300. The van der Waals surface area contributed by atoms with Crippen molar-refractivity contribution in [1.82, 2.24) is 24.5 Å². The van der Waals surface area contributed by atoms with Crippen LogP contribution in [0.5, 0.6) is 5.75 Å². The first-order chi connectivity index (χ1) is 14.7. The number of aromatic amines is 1. The Hall–Kier alpha value is -3.88. The van der Waals surface area contributed by atoms with Gasteiger partial charge in [-0.15, -0.1) is 0 Å². The van der Waals surface area contributed by atoms with Crippen molar-refractivity contribution >= 4 is 28.3 Å². The van der Waals surface area contributed by atoms with Crippen LogP contribution in [0.25, 0.3) is 16.6 Å². The van der Waals surface area contributed by atoms with Crippen LogP contribution in [-0.2, 0) is 0 Å². The van der Waals surface area contributed by atoms with Gasteiger partial charge in [-0.3, -0.25) is 9.59 Å². The number of benzene rings is 1. The summed E-state index contributed by atoms with van der Waals surface area (Å²) in [7, 11) is 1.62. The number of fused-ring (bicyclic) bond motifs is 3. The zero-order chi connectivity index (χ0) is 20.7. The lowest BCUT2D eigenvalue weighted by Crippen LogP contribution is -2.49. The number of aromatic nitrogens is 4. The summed E-state index contributed by atoms with van der Waals surface area (Å²) in [6.07, 6.45) is 3.24. The predicted molar refractivity (Wildman–Crippen MR) is 112 cm³/mol. The summed E-state index contributed by atoms with van der Waals surface area (Å²) in [6, 6.07) is 10.9. The number of piperazine rings is 1. The molecule has 0 spiro atoms. The molecular formula is C21H20N6O3. The van der Waals surface area contributed by atoms with E-state index in [1.807, 2.05) is 18.2 Å². The molecule has 0 bridgehead atoms. The highest BCUT2D eigenvalue weighted by atomic mass is 16.5. The van der Waals surface area contributed by atoms with Gasteiger partial charge in [0.15, 0.2) is 0 Å². The van der Waals surface area contributed by atoms with Gasteiger partial charge in [-0.1, -0.05) is 12.1 Å². The van der Waals surface area contributed by atoms with Crippen molar-refractivity contribution in [2.75, 3.05) is 38.2 Å². The second kappa shape index (κ2) is 7.18. The number of anilines is 1. The normalized spacial score (nSPS) is 14.4. The number of hydrogen-bond acceptors (Lipinski definition) is 6. The quantitative estimate of drug-likeness (QED) is 0.557. The molecule has 1 fully saturated rings. The third kappa shape index (κ3) is 2.95. The second-order valence-electron chi connectivity index (χ2n) is 7.12. The topological polar surface area (TPSA) is 95.8 Å². The van der Waals surface area contributed by atoms with Crippen LogP contribution in [0.4, 0.5) is 5.82 Å². The Labute approximate surface area is 171 Å². The average Bonchev–Trinajstić information content (AvgIpc) is 3.23. The molecule has 3 aromatic heterocycles. The molecule has 5 rings (SSSR count). The van der Waals surface area contributed by atoms with Crippen molar-refractivity contribution in [2.24, 2.45) is 0 Å². The number of carbonyl (C=O) groups is 1. The minimum atomic E-state index is -0.235. The van der Waals surface area contributed by atoms with Crippen molar-refractivity contribution in [1.29, 1.82) is 0 Å². The molecule has 30 heavy (non-hydrogen) atoms. The number of nitrogens with one attached hydrogen (secondary N) is 1. The first-order valence-electron chi connectivity index (χ1n) is 9.69. The lowest BCUT2D eigenvalue weighted by molar-refractivity contribution is 0.0748. The molecule has 4 aromatic rings. The molecule has 152 valence electrons. The van der Waals surface area contributed by atoms with Gasteiger partial charge in [-0.2, -0.15) is 5.10 Å². The van der Waals surface area contributed by atoms with E-state index in [0.717, 1.165) is 11.6 Å². The van der Waals surface area contributed by atoms with E-state index >= 15 is 0 Å². The molecule has 1 saturated heterocycles. The number of pyridine rings is 1. The average molecular weight is 404 g/mol. The molecule has 9 nitrogen and oxygen atoms in total. The van der Waals surface area contributed by atoms with Crippen molar-refractivity contribution in [3.05, 3.63) is 64.7 Å². The molecule has 9 heteroatoms. The van der Waals surface area contributed by atoms with Crippen LogP contribution in [0.15, 0.2) is 53.6 Å². The standard InChI is InChI=1S/C21H20N6O3/c1-30-14-6-7-22-18(12-14)25-8-10-26(11-9-25)21(29)16-13-23-27-17-5-3-2-4-15(17)20(28)24-19(16)27/h2-7,12-13H,8-11H2,1H3,(H,24,28). The minimum absolute atomic E-state index is 0.144. The number of amides is 1. The van der Waals surface area contributed by atoms with E-state index in [2.05, 4.69) is 20.0 Å². The molecule has 0 radical (unpaired) electrons. The fraction of sp³-hybridized carbons (Fsp3) is 0.238. The van der Waals surface area contributed by atoms with Crippen LogP contribution in [0.2, 0.25) is 0 Å². The van der Waals surface area contributed by atoms with Gasteiger partial charge in [0, 0.05) is 38.4 Å². The van der Waals surface area contributed by atoms with Crippen LogP contribution in [0.3, 0.4) is 0 Å². The number of carbonyl (C=O) groups excluding carboxylic acids is 1.